The van der Waals surface area contributed by atoms with E-state index in [-0.39, 0.29) is 5.56 Å². The number of anilines is 1. The van der Waals surface area contributed by atoms with Crippen molar-refractivity contribution in [3.8, 4) is 0 Å². The molecule has 4 rings (SSSR count). The van der Waals surface area contributed by atoms with Crippen LogP contribution in [-0.4, -0.2) is 40.8 Å². The lowest BCUT2D eigenvalue weighted by Gasteiger charge is -2.24. The van der Waals surface area contributed by atoms with E-state index in [0.29, 0.717) is 4.70 Å². The zero-order chi connectivity index (χ0) is 18.1. The van der Waals surface area contributed by atoms with Gasteiger partial charge in [0.05, 0.1) is 11.1 Å². The molecule has 0 aromatic carbocycles. The molecular weight excluding hydrogens is 346 g/mol. The Morgan fingerprint density at radius 2 is 1.85 bits per heavy atom. The molecule has 0 atom stereocenters. The predicted octanol–water partition coefficient (Wildman–Crippen LogP) is 3.36. The summed E-state index contributed by atoms with van der Waals surface area (Å²) in [6.07, 6.45) is 8.27. The quantitative estimate of drug-likeness (QED) is 0.704. The first-order chi connectivity index (χ1) is 12.7. The highest BCUT2D eigenvalue weighted by atomic mass is 32.1. The van der Waals surface area contributed by atoms with Crippen LogP contribution in [-0.2, 0) is 0 Å². The molecule has 4 heterocycles. The molecule has 0 amide bonds. The van der Waals surface area contributed by atoms with Crippen LogP contribution in [0, 0.1) is 0 Å². The van der Waals surface area contributed by atoms with Crippen molar-refractivity contribution in [1.29, 1.82) is 0 Å². The molecule has 0 N–H and O–H groups in total. The second-order valence-corrected chi connectivity index (χ2v) is 7.72. The molecule has 6 nitrogen and oxygen atoms in total. The van der Waals surface area contributed by atoms with E-state index in [4.69, 9.17) is 4.98 Å². The summed E-state index contributed by atoms with van der Waals surface area (Å²) in [5.41, 5.74) is 1.94. The van der Waals surface area contributed by atoms with Gasteiger partial charge in [0.25, 0.3) is 5.56 Å². The van der Waals surface area contributed by atoms with Crippen LogP contribution in [0.25, 0.3) is 20.4 Å². The maximum absolute atomic E-state index is 13.2. The number of hydrogen-bond acceptors (Lipinski definition) is 6. The largest absolute Gasteiger partial charge is 0.371 e. The van der Waals surface area contributed by atoms with Crippen molar-refractivity contribution in [3.05, 3.63) is 28.9 Å². The van der Waals surface area contributed by atoms with E-state index in [9.17, 15) is 4.79 Å². The SMILES string of the molecule is CCN(CC)c1ccnc2sc3c(=O)n(N4CCCCCC4)cnc3c12. The Labute approximate surface area is 157 Å². The minimum Gasteiger partial charge on any atom is -0.371 e. The molecule has 26 heavy (non-hydrogen) atoms. The fourth-order valence-electron chi connectivity index (χ4n) is 3.83. The Bertz CT molecular complexity index is 967. The smallest absolute Gasteiger partial charge is 0.290 e. The van der Waals surface area contributed by atoms with Crippen LogP contribution < -0.4 is 15.5 Å². The zero-order valence-electron chi connectivity index (χ0n) is 15.4. The van der Waals surface area contributed by atoms with Gasteiger partial charge >= 0.3 is 0 Å². The number of rotatable bonds is 4. The second-order valence-electron chi connectivity index (χ2n) is 6.72. The fourth-order valence-corrected chi connectivity index (χ4v) is 4.87. The van der Waals surface area contributed by atoms with Crippen LogP contribution in [0.2, 0.25) is 0 Å². The zero-order valence-corrected chi connectivity index (χ0v) is 16.3. The van der Waals surface area contributed by atoms with Gasteiger partial charge in [-0.2, -0.15) is 0 Å². The van der Waals surface area contributed by atoms with Crippen LogP contribution >= 0.6 is 11.3 Å². The molecule has 3 aromatic rings. The van der Waals surface area contributed by atoms with E-state index in [2.05, 4.69) is 28.7 Å². The van der Waals surface area contributed by atoms with Gasteiger partial charge in [0.15, 0.2) is 0 Å². The summed E-state index contributed by atoms with van der Waals surface area (Å²) in [5.74, 6) is 0. The van der Waals surface area contributed by atoms with Crippen LogP contribution in [0.1, 0.15) is 39.5 Å². The molecule has 3 aromatic heterocycles. The van der Waals surface area contributed by atoms with Crippen molar-refractivity contribution in [3.63, 3.8) is 0 Å². The molecule has 1 aliphatic heterocycles. The summed E-state index contributed by atoms with van der Waals surface area (Å²) in [6.45, 7) is 7.95. The van der Waals surface area contributed by atoms with Crippen molar-refractivity contribution in [2.75, 3.05) is 36.1 Å². The molecule has 1 aliphatic rings. The van der Waals surface area contributed by atoms with Gasteiger partial charge in [0.1, 0.15) is 21.4 Å². The summed E-state index contributed by atoms with van der Waals surface area (Å²) in [4.78, 5) is 25.6. The monoisotopic (exact) mass is 371 g/mol. The molecule has 0 bridgehead atoms. The van der Waals surface area contributed by atoms with Crippen molar-refractivity contribution in [1.82, 2.24) is 14.6 Å². The maximum atomic E-state index is 13.2. The second kappa shape index (κ2) is 7.23. The number of fused-ring (bicyclic) bond motifs is 3. The molecule has 1 fully saturated rings. The Kier molecular flexibility index (Phi) is 4.80. The number of thiophene rings is 1. The topological polar surface area (TPSA) is 54.3 Å². The first kappa shape index (κ1) is 17.3. The van der Waals surface area contributed by atoms with E-state index >= 15 is 0 Å². The Morgan fingerprint density at radius 1 is 1.12 bits per heavy atom. The number of hydrogen-bond donors (Lipinski definition) is 0. The fraction of sp³-hybridized carbons (Fsp3) is 0.526. The van der Waals surface area contributed by atoms with Gasteiger partial charge in [-0.3, -0.25) is 4.79 Å². The van der Waals surface area contributed by atoms with E-state index < -0.39 is 0 Å². The van der Waals surface area contributed by atoms with E-state index in [0.717, 1.165) is 60.4 Å². The number of pyridine rings is 1. The molecular formula is C19H25N5OS. The van der Waals surface area contributed by atoms with Crippen LogP contribution in [0.3, 0.4) is 0 Å². The van der Waals surface area contributed by atoms with Crippen molar-refractivity contribution in [2.24, 2.45) is 0 Å². The molecule has 0 spiro atoms. The highest BCUT2D eigenvalue weighted by Crippen LogP contribution is 2.35. The molecule has 1 saturated heterocycles. The lowest BCUT2D eigenvalue weighted by molar-refractivity contribution is 0.569. The lowest BCUT2D eigenvalue weighted by Crippen LogP contribution is -2.42. The Morgan fingerprint density at radius 3 is 2.54 bits per heavy atom. The third kappa shape index (κ3) is 2.84. The maximum Gasteiger partial charge on any atom is 0.290 e. The first-order valence-electron chi connectivity index (χ1n) is 9.53. The average molecular weight is 372 g/mol. The molecule has 7 heteroatoms. The van der Waals surface area contributed by atoms with E-state index in [1.54, 1.807) is 11.0 Å². The predicted molar refractivity (Wildman–Crippen MR) is 109 cm³/mol. The third-order valence-corrected chi connectivity index (χ3v) is 6.31. The summed E-state index contributed by atoms with van der Waals surface area (Å²) in [7, 11) is 0. The van der Waals surface area contributed by atoms with Crippen LogP contribution in [0.15, 0.2) is 23.4 Å². The average Bonchev–Trinajstić information content (AvgIpc) is 2.85. The summed E-state index contributed by atoms with van der Waals surface area (Å²) < 4.78 is 2.43. The number of aromatic nitrogens is 3. The van der Waals surface area contributed by atoms with E-state index in [1.807, 2.05) is 12.3 Å². The highest BCUT2D eigenvalue weighted by Gasteiger charge is 2.19. The third-order valence-electron chi connectivity index (χ3n) is 5.23. The minimum atomic E-state index is 0.0328. The van der Waals surface area contributed by atoms with Gasteiger partial charge in [-0.25, -0.2) is 14.6 Å². The van der Waals surface area contributed by atoms with Crippen molar-refractivity contribution in [2.45, 2.75) is 39.5 Å². The summed E-state index contributed by atoms with van der Waals surface area (Å²) >= 11 is 1.46. The van der Waals surface area contributed by atoms with Gasteiger partial charge in [-0.05, 0) is 32.8 Å². The summed E-state index contributed by atoms with van der Waals surface area (Å²) in [5, 5.41) is 3.15. The van der Waals surface area contributed by atoms with Gasteiger partial charge in [-0.1, -0.05) is 12.8 Å². The van der Waals surface area contributed by atoms with Crippen LogP contribution in [0.4, 0.5) is 5.69 Å². The first-order valence-corrected chi connectivity index (χ1v) is 10.3. The molecule has 0 saturated carbocycles. The van der Waals surface area contributed by atoms with Gasteiger partial charge in [0.2, 0.25) is 0 Å². The van der Waals surface area contributed by atoms with E-state index in [1.165, 1.54) is 24.2 Å². The lowest BCUT2D eigenvalue weighted by atomic mass is 10.2. The number of nitrogens with zero attached hydrogens (tertiary/aromatic N) is 5. The van der Waals surface area contributed by atoms with Crippen molar-refractivity contribution < 1.29 is 0 Å². The van der Waals surface area contributed by atoms with Gasteiger partial charge < -0.3 is 9.91 Å². The Balaban J connectivity index is 1.89. The molecule has 138 valence electrons. The van der Waals surface area contributed by atoms with Crippen LogP contribution in [0.5, 0.6) is 0 Å². The minimum absolute atomic E-state index is 0.0328. The highest BCUT2D eigenvalue weighted by molar-refractivity contribution is 7.25. The normalized spacial score (nSPS) is 15.5. The summed E-state index contributed by atoms with van der Waals surface area (Å²) in [6, 6.07) is 2.03. The molecule has 0 radical (unpaired) electrons. The standard InChI is InChI=1S/C19H25N5OS/c1-3-22(4-2)14-9-10-20-18-15(14)16-17(26-18)19(25)24(13-21-16)23-11-7-5-6-8-12-23/h9-10,13H,3-8,11-12H2,1-2H3. The molecule has 0 aliphatic carbocycles. The van der Waals surface area contributed by atoms with Gasteiger partial charge in [-0.15, -0.1) is 11.3 Å². The molecule has 0 unspecified atom stereocenters. The Hall–Kier alpha value is -2.15. The van der Waals surface area contributed by atoms with Crippen molar-refractivity contribution >= 4 is 37.5 Å². The van der Waals surface area contributed by atoms with Gasteiger partial charge in [0, 0.05) is 32.4 Å².